The Balaban J connectivity index is 1.56. The molecule has 1 aliphatic heterocycles. The number of aromatic amines is 1. The lowest BCUT2D eigenvalue weighted by atomic mass is 9.81. The van der Waals surface area contributed by atoms with Gasteiger partial charge in [-0.1, -0.05) is 12.1 Å². The molecular weight excluding hydrogens is 437 g/mol. The van der Waals surface area contributed by atoms with Crippen LogP contribution in [0.1, 0.15) is 28.2 Å². The van der Waals surface area contributed by atoms with Gasteiger partial charge < -0.3 is 19.8 Å². The first-order valence-corrected chi connectivity index (χ1v) is 10.0. The summed E-state index contributed by atoms with van der Waals surface area (Å²) < 4.78 is 47.5. The Kier molecular flexibility index (Phi) is 4.92. The summed E-state index contributed by atoms with van der Waals surface area (Å²) in [6.45, 7) is 0.272. The summed E-state index contributed by atoms with van der Waals surface area (Å²) in [7, 11) is 0. The Hall–Kier alpha value is -4.08. The van der Waals surface area contributed by atoms with Gasteiger partial charge in [-0.05, 0) is 48.0 Å². The highest BCUT2D eigenvalue weighted by atomic mass is 19.4. The second kappa shape index (κ2) is 7.80. The number of hydrogen-bond donors (Lipinski definition) is 2. The van der Waals surface area contributed by atoms with E-state index in [4.69, 9.17) is 4.74 Å². The van der Waals surface area contributed by atoms with Crippen molar-refractivity contribution in [2.75, 3.05) is 6.61 Å². The maximum absolute atomic E-state index is 13.3. The molecule has 4 heterocycles. The average Bonchev–Trinajstić information content (AvgIpc) is 3.23. The van der Waals surface area contributed by atoms with Crippen LogP contribution >= 0.6 is 0 Å². The second-order valence-electron chi connectivity index (χ2n) is 7.50. The smallest absolute Gasteiger partial charge is 0.491 e. The summed E-state index contributed by atoms with van der Waals surface area (Å²) in [6, 6.07) is 14.1. The third kappa shape index (κ3) is 3.95. The third-order valence-corrected chi connectivity index (χ3v) is 5.45. The predicted molar refractivity (Wildman–Crippen MR) is 112 cm³/mol. The van der Waals surface area contributed by atoms with Crippen LogP contribution in [-0.4, -0.2) is 33.8 Å². The molecule has 0 saturated heterocycles. The Morgan fingerprint density at radius 1 is 1.09 bits per heavy atom. The maximum atomic E-state index is 13.3. The molecule has 10 heteroatoms. The summed E-state index contributed by atoms with van der Waals surface area (Å²) in [4.78, 5) is 25.0. The van der Waals surface area contributed by atoms with Gasteiger partial charge >= 0.3 is 6.36 Å². The Labute approximate surface area is 185 Å². The molecule has 2 N–H and O–H groups in total. The van der Waals surface area contributed by atoms with Crippen LogP contribution in [0.5, 0.6) is 11.5 Å². The number of fused-ring (bicyclic) bond motifs is 2. The molecule has 5 rings (SSSR count). The summed E-state index contributed by atoms with van der Waals surface area (Å²) >= 11 is 0. The van der Waals surface area contributed by atoms with E-state index in [1.807, 2.05) is 6.07 Å². The Morgan fingerprint density at radius 2 is 1.85 bits per heavy atom. The van der Waals surface area contributed by atoms with Crippen molar-refractivity contribution in [3.63, 3.8) is 0 Å². The fourth-order valence-electron chi connectivity index (χ4n) is 4.02. The first-order chi connectivity index (χ1) is 15.8. The quantitative estimate of drug-likeness (QED) is 0.480. The fraction of sp³-hybridized carbons (Fsp3) is 0.174. The predicted octanol–water partition coefficient (Wildman–Crippen LogP) is 4.31. The molecule has 7 nitrogen and oxygen atoms in total. The monoisotopic (exact) mass is 454 g/mol. The minimum atomic E-state index is -4.80. The molecule has 4 aromatic rings. The number of halogens is 3. The lowest BCUT2D eigenvalue weighted by molar-refractivity contribution is -0.274. The van der Waals surface area contributed by atoms with Crippen LogP contribution < -0.4 is 14.8 Å². The molecule has 1 aromatic carbocycles. The van der Waals surface area contributed by atoms with E-state index in [0.29, 0.717) is 34.8 Å². The van der Waals surface area contributed by atoms with Crippen molar-refractivity contribution in [2.24, 2.45) is 0 Å². The summed E-state index contributed by atoms with van der Waals surface area (Å²) in [5.74, 6) is -0.289. The zero-order chi connectivity index (χ0) is 23.1. The molecule has 1 amide bonds. The topological polar surface area (TPSA) is 89.1 Å². The number of benzene rings is 1. The van der Waals surface area contributed by atoms with E-state index >= 15 is 0 Å². The molecule has 0 radical (unpaired) electrons. The van der Waals surface area contributed by atoms with Gasteiger partial charge in [-0.2, -0.15) is 0 Å². The number of hydrogen-bond acceptors (Lipinski definition) is 5. The second-order valence-corrected chi connectivity index (χ2v) is 7.50. The van der Waals surface area contributed by atoms with Crippen LogP contribution in [0.4, 0.5) is 13.2 Å². The number of carbonyl (C=O) groups excluding carboxylic acids is 1. The van der Waals surface area contributed by atoms with Crippen LogP contribution in [-0.2, 0) is 5.54 Å². The molecule has 0 aliphatic carbocycles. The van der Waals surface area contributed by atoms with Crippen molar-refractivity contribution in [1.29, 1.82) is 0 Å². The standard InChI is InChI=1S/C23H17F3N4O3/c24-23(25,26)33-16-7-5-15(6-8-16)22(9-12-32-18-4-2-10-27-19(18)22)30-21(31)17-13-14-3-1-11-28-20(14)29-17/h1-8,10-11,13H,9,12H2,(H,28,29)(H,30,31)/t22-/m0/s1. The number of H-pyrrole nitrogens is 1. The highest BCUT2D eigenvalue weighted by Crippen LogP contribution is 2.41. The van der Waals surface area contributed by atoms with E-state index in [1.165, 1.54) is 24.3 Å². The number of nitrogens with one attached hydrogen (secondary N) is 2. The molecule has 0 bridgehead atoms. The van der Waals surface area contributed by atoms with Crippen LogP contribution in [0.15, 0.2) is 67.0 Å². The van der Waals surface area contributed by atoms with Crippen molar-refractivity contribution < 1.29 is 27.4 Å². The van der Waals surface area contributed by atoms with Gasteiger partial charge in [0, 0.05) is 24.2 Å². The number of nitrogens with zero attached hydrogens (tertiary/aromatic N) is 2. The number of ether oxygens (including phenoxy) is 2. The van der Waals surface area contributed by atoms with Crippen LogP contribution in [0.25, 0.3) is 11.0 Å². The van der Waals surface area contributed by atoms with E-state index in [9.17, 15) is 18.0 Å². The van der Waals surface area contributed by atoms with Crippen LogP contribution in [0.2, 0.25) is 0 Å². The molecule has 1 aliphatic rings. The number of pyridine rings is 2. The summed E-state index contributed by atoms with van der Waals surface area (Å²) in [6.07, 6.45) is -1.29. The van der Waals surface area contributed by atoms with Gasteiger partial charge in [-0.25, -0.2) is 4.98 Å². The van der Waals surface area contributed by atoms with E-state index in [2.05, 4.69) is 25.0 Å². The number of carbonyl (C=O) groups is 1. The first-order valence-electron chi connectivity index (χ1n) is 10.0. The van der Waals surface area contributed by atoms with Gasteiger partial charge in [0.1, 0.15) is 34.1 Å². The lowest BCUT2D eigenvalue weighted by Crippen LogP contribution is -2.50. The van der Waals surface area contributed by atoms with Gasteiger partial charge in [-0.3, -0.25) is 9.78 Å². The molecule has 3 aromatic heterocycles. The molecule has 33 heavy (non-hydrogen) atoms. The maximum Gasteiger partial charge on any atom is 0.573 e. The summed E-state index contributed by atoms with van der Waals surface area (Å²) in [5.41, 5.74) is 0.735. The van der Waals surface area contributed by atoms with Crippen molar-refractivity contribution in [3.8, 4) is 11.5 Å². The van der Waals surface area contributed by atoms with E-state index < -0.39 is 17.8 Å². The Morgan fingerprint density at radius 3 is 2.61 bits per heavy atom. The third-order valence-electron chi connectivity index (χ3n) is 5.45. The SMILES string of the molecule is O=C(N[C@]1(c2ccc(OC(F)(F)F)cc2)CCOc2cccnc21)c1cc2cccnc2[nH]1. The highest BCUT2D eigenvalue weighted by molar-refractivity contribution is 5.98. The van der Waals surface area contributed by atoms with Gasteiger partial charge in [0.15, 0.2) is 0 Å². The van der Waals surface area contributed by atoms with Crippen molar-refractivity contribution in [2.45, 2.75) is 18.3 Å². The van der Waals surface area contributed by atoms with E-state index in [1.54, 1.807) is 36.7 Å². The number of alkyl halides is 3. The molecule has 0 saturated carbocycles. The van der Waals surface area contributed by atoms with Gasteiger partial charge in [0.25, 0.3) is 5.91 Å². The molecular formula is C23H17F3N4O3. The highest BCUT2D eigenvalue weighted by Gasteiger charge is 2.43. The van der Waals surface area contributed by atoms with Crippen molar-refractivity contribution in [1.82, 2.24) is 20.3 Å². The van der Waals surface area contributed by atoms with E-state index in [0.717, 1.165) is 5.39 Å². The number of aromatic nitrogens is 3. The summed E-state index contributed by atoms with van der Waals surface area (Å²) in [5, 5.41) is 3.82. The van der Waals surface area contributed by atoms with Crippen LogP contribution in [0.3, 0.4) is 0 Å². The van der Waals surface area contributed by atoms with E-state index in [-0.39, 0.29) is 12.4 Å². The van der Waals surface area contributed by atoms with Gasteiger partial charge in [-0.15, -0.1) is 13.2 Å². The largest absolute Gasteiger partial charge is 0.573 e. The average molecular weight is 454 g/mol. The number of amides is 1. The van der Waals surface area contributed by atoms with Gasteiger partial charge in [0.05, 0.1) is 6.61 Å². The number of rotatable bonds is 4. The molecule has 1 atom stereocenters. The minimum absolute atomic E-state index is 0.272. The van der Waals surface area contributed by atoms with Crippen LogP contribution in [0, 0.1) is 0 Å². The van der Waals surface area contributed by atoms with Crippen molar-refractivity contribution in [3.05, 3.63) is 83.9 Å². The van der Waals surface area contributed by atoms with Gasteiger partial charge in [0.2, 0.25) is 0 Å². The minimum Gasteiger partial charge on any atom is -0.491 e. The molecule has 0 fully saturated rings. The normalized spacial score (nSPS) is 17.8. The lowest BCUT2D eigenvalue weighted by Gasteiger charge is -2.38. The molecule has 168 valence electrons. The molecule has 0 unspecified atom stereocenters. The molecule has 0 spiro atoms. The zero-order valence-electron chi connectivity index (χ0n) is 17.0. The van der Waals surface area contributed by atoms with Crippen molar-refractivity contribution >= 4 is 16.9 Å². The Bertz CT molecular complexity index is 1290. The fourth-order valence-corrected chi connectivity index (χ4v) is 4.02. The zero-order valence-corrected chi connectivity index (χ0v) is 17.0. The first kappa shape index (κ1) is 20.8.